The summed E-state index contributed by atoms with van der Waals surface area (Å²) in [6.07, 6.45) is 5.83. The minimum atomic E-state index is -0.812. The van der Waals surface area contributed by atoms with Crippen molar-refractivity contribution in [3.63, 3.8) is 0 Å². The second kappa shape index (κ2) is 9.22. The van der Waals surface area contributed by atoms with Gasteiger partial charge in [0, 0.05) is 17.8 Å². The molecule has 2 aromatic rings. The van der Waals surface area contributed by atoms with Gasteiger partial charge in [-0.25, -0.2) is 4.39 Å². The predicted octanol–water partition coefficient (Wildman–Crippen LogP) is 1.67. The smallest absolute Gasteiger partial charge is 0.269 e. The monoisotopic (exact) mass is 439 g/mol. The van der Waals surface area contributed by atoms with Crippen LogP contribution in [-0.4, -0.2) is 51.5 Å². The van der Waals surface area contributed by atoms with Gasteiger partial charge in [0.1, 0.15) is 18.4 Å². The van der Waals surface area contributed by atoms with Gasteiger partial charge < -0.3 is 16.0 Å². The molecule has 0 unspecified atom stereocenters. The van der Waals surface area contributed by atoms with Gasteiger partial charge in [0.2, 0.25) is 11.8 Å². The third kappa shape index (κ3) is 4.64. The van der Waals surface area contributed by atoms with Gasteiger partial charge in [-0.05, 0) is 44.4 Å². The van der Waals surface area contributed by atoms with Crippen molar-refractivity contribution in [2.24, 2.45) is 11.7 Å². The highest BCUT2D eigenvalue weighted by Gasteiger charge is 2.39. The van der Waals surface area contributed by atoms with Gasteiger partial charge in [-0.1, -0.05) is 12.1 Å². The number of rotatable bonds is 6. The molecule has 1 aliphatic heterocycles. The summed E-state index contributed by atoms with van der Waals surface area (Å²) in [6, 6.07) is 4.55. The molecule has 0 aliphatic carbocycles. The van der Waals surface area contributed by atoms with E-state index in [9.17, 15) is 18.8 Å². The second-order valence-corrected chi connectivity index (χ2v) is 8.18. The molecule has 1 aliphatic rings. The Labute approximate surface area is 185 Å². The number of carbonyl (C=O) groups excluding carboxylic acids is 3. The number of amides is 3. The molecule has 2 atom stereocenters. The maximum absolute atomic E-state index is 13.8. The number of likely N-dealkylation sites (tertiary alicyclic amines) is 1. The molecule has 1 fully saturated rings. The average molecular weight is 439 g/mol. The lowest BCUT2D eigenvalue weighted by Gasteiger charge is -2.24. The van der Waals surface area contributed by atoms with Crippen molar-refractivity contribution < 1.29 is 18.8 Å². The first-order valence-electron chi connectivity index (χ1n) is 10.2. The minimum absolute atomic E-state index is 0.0715. The maximum Gasteiger partial charge on any atom is 0.269 e. The Morgan fingerprint density at radius 2 is 2.06 bits per heavy atom. The Morgan fingerprint density at radius 1 is 1.34 bits per heavy atom. The molecule has 9 heteroatoms. The van der Waals surface area contributed by atoms with Crippen LogP contribution in [0.5, 0.6) is 0 Å². The molecule has 32 heavy (non-hydrogen) atoms. The number of hydrogen-bond acceptors (Lipinski definition) is 4. The summed E-state index contributed by atoms with van der Waals surface area (Å²) in [7, 11) is 0. The van der Waals surface area contributed by atoms with Crippen LogP contribution < -0.4 is 11.1 Å². The first kappa shape index (κ1) is 23.0. The zero-order valence-corrected chi connectivity index (χ0v) is 18.3. The fourth-order valence-corrected chi connectivity index (χ4v) is 3.75. The number of aromatic nitrogens is 2. The van der Waals surface area contributed by atoms with Crippen molar-refractivity contribution in [3.8, 4) is 12.3 Å². The summed E-state index contributed by atoms with van der Waals surface area (Å²) >= 11 is 0. The van der Waals surface area contributed by atoms with E-state index < -0.39 is 23.7 Å². The van der Waals surface area contributed by atoms with Crippen molar-refractivity contribution >= 4 is 28.6 Å². The summed E-state index contributed by atoms with van der Waals surface area (Å²) in [5, 5.41) is 7.31. The molecule has 2 heterocycles. The molecule has 1 aromatic heterocycles. The zero-order chi connectivity index (χ0) is 23.6. The molecule has 0 radical (unpaired) electrons. The zero-order valence-electron chi connectivity index (χ0n) is 18.3. The van der Waals surface area contributed by atoms with Crippen LogP contribution in [0.15, 0.2) is 29.6 Å². The number of nitrogens with one attached hydrogen (secondary N) is 1. The largest absolute Gasteiger partial charge is 0.364 e. The van der Waals surface area contributed by atoms with Gasteiger partial charge in [0.05, 0.1) is 12.1 Å². The number of benzene rings is 1. The SMILES string of the molecule is C#C[C@@H]1C[C@@H](C(=O)NCC(F)=C(C)C)N(C(=O)Cn2nc(C(N)=O)c3ccc(C)cc32)C1. The molecule has 1 saturated heterocycles. The summed E-state index contributed by atoms with van der Waals surface area (Å²) < 4.78 is 15.2. The number of carbonyl (C=O) groups is 3. The van der Waals surface area contributed by atoms with Gasteiger partial charge in [0.25, 0.3) is 5.91 Å². The fraction of sp³-hybridized carbons (Fsp3) is 0.391. The Hall–Kier alpha value is -3.67. The lowest BCUT2D eigenvalue weighted by Crippen LogP contribution is -2.47. The number of aryl methyl sites for hydroxylation is 1. The number of terminal acetylenes is 1. The van der Waals surface area contributed by atoms with E-state index in [1.165, 1.54) is 9.58 Å². The molecule has 1 aromatic carbocycles. The molecular formula is C23H26FN5O3. The molecule has 0 bridgehead atoms. The van der Waals surface area contributed by atoms with Crippen LogP contribution in [-0.2, 0) is 16.1 Å². The highest BCUT2D eigenvalue weighted by atomic mass is 19.1. The fourth-order valence-electron chi connectivity index (χ4n) is 3.75. The van der Waals surface area contributed by atoms with E-state index in [4.69, 9.17) is 12.2 Å². The van der Waals surface area contributed by atoms with E-state index in [0.29, 0.717) is 16.5 Å². The molecule has 8 nitrogen and oxygen atoms in total. The van der Waals surface area contributed by atoms with Crippen molar-refractivity contribution in [2.45, 2.75) is 39.8 Å². The number of nitrogens with zero attached hydrogens (tertiary/aromatic N) is 3. The van der Waals surface area contributed by atoms with Crippen LogP contribution in [0, 0.1) is 25.2 Å². The van der Waals surface area contributed by atoms with Crippen molar-refractivity contribution in [1.29, 1.82) is 0 Å². The summed E-state index contributed by atoms with van der Waals surface area (Å²) in [5.41, 5.74) is 7.50. The number of primary amides is 1. The third-order valence-corrected chi connectivity index (χ3v) is 5.55. The third-order valence-electron chi connectivity index (χ3n) is 5.55. The van der Waals surface area contributed by atoms with Crippen LogP contribution in [0.2, 0.25) is 0 Å². The lowest BCUT2D eigenvalue weighted by molar-refractivity contribution is -0.139. The first-order chi connectivity index (χ1) is 15.1. The minimum Gasteiger partial charge on any atom is -0.364 e. The maximum atomic E-state index is 13.8. The van der Waals surface area contributed by atoms with Gasteiger partial charge in [-0.15, -0.1) is 12.3 Å². The average Bonchev–Trinajstić information content (AvgIpc) is 3.33. The van der Waals surface area contributed by atoms with Crippen LogP contribution in [0.3, 0.4) is 0 Å². The Kier molecular flexibility index (Phi) is 6.63. The first-order valence-corrected chi connectivity index (χ1v) is 10.2. The van der Waals surface area contributed by atoms with E-state index in [1.54, 1.807) is 19.9 Å². The van der Waals surface area contributed by atoms with Gasteiger partial charge >= 0.3 is 0 Å². The Bertz CT molecular complexity index is 1160. The topological polar surface area (TPSA) is 110 Å². The molecule has 3 rings (SSSR count). The molecular weight excluding hydrogens is 413 g/mol. The van der Waals surface area contributed by atoms with Crippen LogP contribution in [0.1, 0.15) is 36.3 Å². The number of hydrogen-bond donors (Lipinski definition) is 2. The normalized spacial score (nSPS) is 17.8. The van der Waals surface area contributed by atoms with Crippen molar-refractivity contribution in [3.05, 3.63) is 40.9 Å². The van der Waals surface area contributed by atoms with Crippen molar-refractivity contribution in [1.82, 2.24) is 20.0 Å². The molecule has 168 valence electrons. The van der Waals surface area contributed by atoms with E-state index in [2.05, 4.69) is 16.3 Å². The van der Waals surface area contributed by atoms with E-state index in [0.717, 1.165) is 5.56 Å². The number of nitrogens with two attached hydrogens (primary N) is 1. The number of fused-ring (bicyclic) bond motifs is 1. The highest BCUT2D eigenvalue weighted by molar-refractivity contribution is 6.04. The lowest BCUT2D eigenvalue weighted by atomic mass is 10.1. The van der Waals surface area contributed by atoms with Crippen molar-refractivity contribution in [2.75, 3.05) is 13.1 Å². The predicted molar refractivity (Wildman–Crippen MR) is 118 cm³/mol. The second-order valence-electron chi connectivity index (χ2n) is 8.18. The summed E-state index contributed by atoms with van der Waals surface area (Å²) in [4.78, 5) is 39.1. The number of allylic oxidation sites excluding steroid dienone is 1. The number of halogens is 1. The van der Waals surface area contributed by atoms with E-state index >= 15 is 0 Å². The van der Waals surface area contributed by atoms with Gasteiger partial charge in [-0.2, -0.15) is 5.10 Å². The van der Waals surface area contributed by atoms with Crippen LogP contribution in [0.25, 0.3) is 10.9 Å². The van der Waals surface area contributed by atoms with Gasteiger partial charge in [-0.3, -0.25) is 19.1 Å². The van der Waals surface area contributed by atoms with Crippen LogP contribution >= 0.6 is 0 Å². The summed E-state index contributed by atoms with van der Waals surface area (Å²) in [6.45, 7) is 4.86. The molecule has 0 spiro atoms. The Morgan fingerprint density at radius 3 is 2.69 bits per heavy atom. The Balaban J connectivity index is 1.85. The summed E-state index contributed by atoms with van der Waals surface area (Å²) in [5.74, 6) is 0.329. The van der Waals surface area contributed by atoms with E-state index in [-0.39, 0.29) is 43.6 Å². The standard InChI is InChI=1S/C23H26FN5O3/c1-5-15-9-19(23(32)26-10-17(24)13(2)3)28(11-15)20(30)12-29-18-8-14(4)6-7-16(18)21(27-29)22(25)31/h1,6-8,15,19H,9-12H2,2-4H3,(H2,25,31)(H,26,32)/t15-,19+/m1/s1. The highest BCUT2D eigenvalue weighted by Crippen LogP contribution is 2.25. The molecule has 0 saturated carbocycles. The van der Waals surface area contributed by atoms with Gasteiger partial charge in [0.15, 0.2) is 5.69 Å². The molecule has 3 N–H and O–H groups in total. The van der Waals surface area contributed by atoms with Crippen LogP contribution in [0.4, 0.5) is 4.39 Å². The molecule has 3 amide bonds. The van der Waals surface area contributed by atoms with E-state index in [1.807, 2.05) is 19.1 Å². The quantitative estimate of drug-likeness (QED) is 0.667.